The molecule has 11 heteroatoms. The Balaban J connectivity index is 1.63. The number of benzene rings is 2. The van der Waals surface area contributed by atoms with E-state index in [1.807, 2.05) is 20.8 Å². The fourth-order valence-electron chi connectivity index (χ4n) is 4.80. The topological polar surface area (TPSA) is 114 Å². The van der Waals surface area contributed by atoms with Crippen LogP contribution in [0.3, 0.4) is 0 Å². The van der Waals surface area contributed by atoms with Crippen LogP contribution in [0.25, 0.3) is 0 Å². The molecular weight excluding hydrogens is 572 g/mol. The van der Waals surface area contributed by atoms with E-state index in [1.54, 1.807) is 57.2 Å². The zero-order chi connectivity index (χ0) is 32.7. The second-order valence-corrected chi connectivity index (χ2v) is 13.3. The molecule has 2 N–H and O–H groups in total. The molecule has 2 aromatic rings. The molecule has 1 heterocycles. The Hall–Kier alpha value is -4.02. The molecule has 1 aliphatic rings. The van der Waals surface area contributed by atoms with Crippen molar-refractivity contribution in [3.63, 3.8) is 0 Å². The summed E-state index contributed by atoms with van der Waals surface area (Å²) in [7, 11) is 0. The summed E-state index contributed by atoms with van der Waals surface area (Å²) in [5.41, 5.74) is 0.00134. The van der Waals surface area contributed by atoms with E-state index in [1.165, 1.54) is 17.0 Å². The average molecular weight is 616 g/mol. The standard InChI is InChI=1S/C33H43F2N3O6/c1-32(2,3)18-29(40)43-25-13-11-21(12-14-25)19-36-30(41)27-16-23(34)20-38(27)28(39)17-24(37-31(42)44-33(4,5)6)15-22-9-7-8-10-26(22)35/h7-14,23-24,27H,15-20H2,1-6H3,(H,36,41)(H,37,42)/t23-,24+,27-/m0/s1. The highest BCUT2D eigenvalue weighted by molar-refractivity contribution is 5.88. The molecule has 44 heavy (non-hydrogen) atoms. The third kappa shape index (κ3) is 11.2. The Morgan fingerprint density at radius 1 is 1.00 bits per heavy atom. The van der Waals surface area contributed by atoms with E-state index in [0.717, 1.165) is 0 Å². The summed E-state index contributed by atoms with van der Waals surface area (Å²) in [4.78, 5) is 52.3. The van der Waals surface area contributed by atoms with Gasteiger partial charge in [-0.25, -0.2) is 13.6 Å². The van der Waals surface area contributed by atoms with Crippen molar-refractivity contribution in [2.75, 3.05) is 6.54 Å². The molecule has 3 rings (SSSR count). The lowest BCUT2D eigenvalue weighted by molar-refractivity contribution is -0.139. The van der Waals surface area contributed by atoms with Gasteiger partial charge < -0.3 is 25.0 Å². The highest BCUT2D eigenvalue weighted by atomic mass is 19.1. The third-order valence-electron chi connectivity index (χ3n) is 6.74. The van der Waals surface area contributed by atoms with Crippen LogP contribution in [-0.4, -0.2) is 59.2 Å². The molecule has 1 fully saturated rings. The molecule has 1 aliphatic heterocycles. The van der Waals surface area contributed by atoms with Crippen molar-refractivity contribution in [3.8, 4) is 5.75 Å². The summed E-state index contributed by atoms with van der Waals surface area (Å²) in [6, 6.07) is 10.7. The largest absolute Gasteiger partial charge is 0.444 e. The quantitative estimate of drug-likeness (QED) is 0.279. The van der Waals surface area contributed by atoms with Gasteiger partial charge in [0, 0.05) is 25.4 Å². The number of nitrogens with zero attached hydrogens (tertiary/aromatic N) is 1. The van der Waals surface area contributed by atoms with Gasteiger partial charge in [-0.05, 0) is 61.9 Å². The van der Waals surface area contributed by atoms with Crippen molar-refractivity contribution in [1.29, 1.82) is 0 Å². The number of carbonyl (C=O) groups excluding carboxylic acids is 4. The molecule has 2 aromatic carbocycles. The van der Waals surface area contributed by atoms with Crippen LogP contribution in [0, 0.1) is 11.2 Å². The van der Waals surface area contributed by atoms with Crippen LogP contribution < -0.4 is 15.4 Å². The first-order valence-electron chi connectivity index (χ1n) is 14.7. The number of alkyl halides is 1. The van der Waals surface area contributed by atoms with Gasteiger partial charge in [0.15, 0.2) is 0 Å². The zero-order valence-electron chi connectivity index (χ0n) is 26.2. The van der Waals surface area contributed by atoms with E-state index in [0.29, 0.717) is 11.3 Å². The first-order valence-corrected chi connectivity index (χ1v) is 14.7. The highest BCUT2D eigenvalue weighted by Crippen LogP contribution is 2.24. The molecule has 3 atom stereocenters. The second-order valence-electron chi connectivity index (χ2n) is 13.3. The van der Waals surface area contributed by atoms with Crippen LogP contribution in [0.15, 0.2) is 48.5 Å². The van der Waals surface area contributed by atoms with E-state index in [-0.39, 0.29) is 55.7 Å². The Labute approximate surface area is 257 Å². The van der Waals surface area contributed by atoms with Crippen LogP contribution in [-0.2, 0) is 32.1 Å². The monoisotopic (exact) mass is 615 g/mol. The number of esters is 1. The zero-order valence-corrected chi connectivity index (χ0v) is 26.2. The minimum Gasteiger partial charge on any atom is -0.444 e. The van der Waals surface area contributed by atoms with Crippen molar-refractivity contribution in [1.82, 2.24) is 15.5 Å². The number of likely N-dealkylation sites (tertiary alicyclic amines) is 1. The molecule has 0 saturated carbocycles. The van der Waals surface area contributed by atoms with Crippen LogP contribution in [0.4, 0.5) is 13.6 Å². The van der Waals surface area contributed by atoms with Gasteiger partial charge in [-0.1, -0.05) is 51.1 Å². The summed E-state index contributed by atoms with van der Waals surface area (Å²) in [5, 5.41) is 5.38. The molecule has 9 nitrogen and oxygen atoms in total. The summed E-state index contributed by atoms with van der Waals surface area (Å²) in [6.45, 7) is 10.7. The molecule has 0 spiro atoms. The Bertz CT molecular complexity index is 1320. The van der Waals surface area contributed by atoms with Crippen LogP contribution in [0.2, 0.25) is 0 Å². The maximum Gasteiger partial charge on any atom is 0.407 e. The van der Waals surface area contributed by atoms with Crippen molar-refractivity contribution in [2.24, 2.45) is 5.41 Å². The smallest absolute Gasteiger partial charge is 0.407 e. The van der Waals surface area contributed by atoms with Gasteiger partial charge in [-0.2, -0.15) is 0 Å². The van der Waals surface area contributed by atoms with E-state index < -0.39 is 47.6 Å². The van der Waals surface area contributed by atoms with E-state index in [9.17, 15) is 28.0 Å². The van der Waals surface area contributed by atoms with Gasteiger partial charge in [-0.3, -0.25) is 14.4 Å². The van der Waals surface area contributed by atoms with Crippen LogP contribution >= 0.6 is 0 Å². The molecule has 1 saturated heterocycles. The average Bonchev–Trinajstić information content (AvgIpc) is 3.29. The maximum atomic E-state index is 14.5. The van der Waals surface area contributed by atoms with Gasteiger partial charge >= 0.3 is 12.1 Å². The summed E-state index contributed by atoms with van der Waals surface area (Å²) in [6.07, 6.45) is -2.39. The van der Waals surface area contributed by atoms with Gasteiger partial charge in [0.25, 0.3) is 0 Å². The summed E-state index contributed by atoms with van der Waals surface area (Å²) < 4.78 is 39.6. The van der Waals surface area contributed by atoms with E-state index in [4.69, 9.17) is 9.47 Å². The van der Waals surface area contributed by atoms with Crippen molar-refractivity contribution >= 4 is 23.9 Å². The van der Waals surface area contributed by atoms with E-state index in [2.05, 4.69) is 10.6 Å². The molecule has 0 aliphatic carbocycles. The Kier molecular flexibility index (Phi) is 11.5. The number of hydrogen-bond acceptors (Lipinski definition) is 6. The third-order valence-corrected chi connectivity index (χ3v) is 6.74. The number of ether oxygens (including phenoxy) is 2. The number of rotatable bonds is 10. The second kappa shape index (κ2) is 14.6. The predicted octanol–water partition coefficient (Wildman–Crippen LogP) is 5.25. The first-order chi connectivity index (χ1) is 20.5. The van der Waals surface area contributed by atoms with Crippen molar-refractivity contribution in [3.05, 3.63) is 65.5 Å². The lowest BCUT2D eigenvalue weighted by atomic mass is 9.92. The molecule has 0 radical (unpaired) electrons. The molecule has 240 valence electrons. The molecular formula is C33H43F2N3O6. The molecule has 3 amide bonds. The normalized spacial score (nSPS) is 17.5. The minimum atomic E-state index is -1.40. The number of alkyl carbamates (subject to hydrolysis) is 1. The number of nitrogens with one attached hydrogen (secondary N) is 2. The fraction of sp³-hybridized carbons (Fsp3) is 0.515. The van der Waals surface area contributed by atoms with Crippen LogP contribution in [0.1, 0.15) is 71.9 Å². The van der Waals surface area contributed by atoms with Crippen molar-refractivity contribution in [2.45, 2.75) is 97.6 Å². The number of halogens is 2. The van der Waals surface area contributed by atoms with Gasteiger partial charge in [0.1, 0.15) is 29.4 Å². The lowest BCUT2D eigenvalue weighted by Gasteiger charge is -2.27. The van der Waals surface area contributed by atoms with Gasteiger partial charge in [-0.15, -0.1) is 0 Å². The maximum absolute atomic E-state index is 14.5. The predicted molar refractivity (Wildman–Crippen MR) is 161 cm³/mol. The van der Waals surface area contributed by atoms with Crippen molar-refractivity contribution < 1.29 is 37.4 Å². The minimum absolute atomic E-state index is 0.0110. The highest BCUT2D eigenvalue weighted by Gasteiger charge is 2.40. The number of carbonyl (C=O) groups is 4. The fourth-order valence-corrected chi connectivity index (χ4v) is 4.80. The summed E-state index contributed by atoms with van der Waals surface area (Å²) >= 11 is 0. The number of amides is 3. The number of hydrogen-bond donors (Lipinski definition) is 2. The molecule has 0 unspecified atom stereocenters. The lowest BCUT2D eigenvalue weighted by Crippen LogP contribution is -2.48. The summed E-state index contributed by atoms with van der Waals surface area (Å²) in [5.74, 6) is -1.53. The van der Waals surface area contributed by atoms with E-state index >= 15 is 0 Å². The first kappa shape index (κ1) is 34.5. The SMILES string of the molecule is CC(C)(C)CC(=O)Oc1ccc(CNC(=O)[C@@H]2C[C@H](F)CN2C(=O)C[C@@H](Cc2ccccc2F)NC(=O)OC(C)(C)C)cc1. The van der Waals surface area contributed by atoms with Gasteiger partial charge in [0.2, 0.25) is 11.8 Å². The van der Waals surface area contributed by atoms with Gasteiger partial charge in [0.05, 0.1) is 13.0 Å². The Morgan fingerprint density at radius 3 is 2.27 bits per heavy atom. The Morgan fingerprint density at radius 2 is 1.66 bits per heavy atom. The molecule has 0 bridgehead atoms. The molecule has 0 aromatic heterocycles. The van der Waals surface area contributed by atoms with Crippen LogP contribution in [0.5, 0.6) is 5.75 Å².